The van der Waals surface area contributed by atoms with Crippen molar-refractivity contribution in [2.24, 2.45) is 0 Å². The molecule has 2 rings (SSSR count). The van der Waals surface area contributed by atoms with Crippen LogP contribution in [0.15, 0.2) is 18.2 Å². The molecule has 7 heteroatoms. The van der Waals surface area contributed by atoms with Crippen LogP contribution in [-0.2, 0) is 9.47 Å². The first-order valence-corrected chi connectivity index (χ1v) is 6.10. The third-order valence-electron chi connectivity index (χ3n) is 3.21. The molecular weight excluding hydrogens is 266 g/mol. The van der Waals surface area contributed by atoms with Crippen LogP contribution in [-0.4, -0.2) is 37.9 Å². The lowest BCUT2D eigenvalue weighted by Gasteiger charge is -2.31. The van der Waals surface area contributed by atoms with Gasteiger partial charge >= 0.3 is 0 Å². The number of hydrogen-bond donors (Lipinski definition) is 0. The number of benzene rings is 1. The van der Waals surface area contributed by atoms with E-state index in [0.29, 0.717) is 11.5 Å². The van der Waals surface area contributed by atoms with Crippen LogP contribution in [0.3, 0.4) is 0 Å². The van der Waals surface area contributed by atoms with Crippen molar-refractivity contribution in [3.63, 3.8) is 0 Å². The van der Waals surface area contributed by atoms with E-state index in [1.165, 1.54) is 14.0 Å². The zero-order valence-electron chi connectivity index (χ0n) is 11.6. The largest absolute Gasteiger partial charge is 0.493 e. The molecule has 1 aliphatic rings. The molecule has 0 radical (unpaired) electrons. The Balaban J connectivity index is 2.13. The summed E-state index contributed by atoms with van der Waals surface area (Å²) in [7, 11) is 3.08. The molecule has 0 bridgehead atoms. The molecule has 1 aromatic rings. The number of nitrogens with zero attached hydrogens (tertiary/aromatic N) is 1. The fraction of sp³-hybridized carbons (Fsp3) is 0.538. The van der Waals surface area contributed by atoms with Gasteiger partial charge in [0.1, 0.15) is 13.2 Å². The van der Waals surface area contributed by atoms with E-state index in [1.807, 2.05) is 0 Å². The van der Waals surface area contributed by atoms with Crippen molar-refractivity contribution in [1.29, 1.82) is 0 Å². The Kier molecular flexibility index (Phi) is 4.10. The molecule has 0 amide bonds. The van der Waals surface area contributed by atoms with E-state index in [0.717, 1.165) is 5.56 Å². The van der Waals surface area contributed by atoms with Crippen molar-refractivity contribution < 1.29 is 23.9 Å². The predicted molar refractivity (Wildman–Crippen MR) is 69.6 cm³/mol. The van der Waals surface area contributed by atoms with Crippen molar-refractivity contribution in [2.45, 2.75) is 18.8 Å². The average Bonchev–Trinajstić information content (AvgIpc) is 2.47. The molecule has 0 unspecified atom stereocenters. The molecule has 0 saturated carbocycles. The van der Waals surface area contributed by atoms with E-state index in [-0.39, 0.29) is 18.1 Å². The molecule has 0 aliphatic carbocycles. The minimum absolute atomic E-state index is 0.000981. The third kappa shape index (κ3) is 2.68. The average molecular weight is 283 g/mol. The third-order valence-corrected chi connectivity index (χ3v) is 3.21. The van der Waals surface area contributed by atoms with Crippen LogP contribution < -0.4 is 9.47 Å². The van der Waals surface area contributed by atoms with E-state index in [2.05, 4.69) is 0 Å². The minimum atomic E-state index is -1.20. The van der Waals surface area contributed by atoms with E-state index >= 15 is 0 Å². The first kappa shape index (κ1) is 14.5. The second-order valence-corrected chi connectivity index (χ2v) is 4.82. The summed E-state index contributed by atoms with van der Waals surface area (Å²) in [4.78, 5) is 10.5. The summed E-state index contributed by atoms with van der Waals surface area (Å²) in [6.07, 6.45) is -0.636. The summed E-state index contributed by atoms with van der Waals surface area (Å²) in [6, 6.07) is 5.25. The highest BCUT2D eigenvalue weighted by Crippen LogP contribution is 2.34. The number of rotatable bonds is 4. The molecule has 110 valence electrons. The SMILES string of the molecule is COc1ccc(C2OCC(C)([N+](=O)[O-])CO2)cc1OC. The molecule has 7 nitrogen and oxygen atoms in total. The quantitative estimate of drug-likeness (QED) is 0.619. The van der Waals surface area contributed by atoms with Crippen LogP contribution in [0.4, 0.5) is 0 Å². The van der Waals surface area contributed by atoms with E-state index in [9.17, 15) is 10.1 Å². The van der Waals surface area contributed by atoms with Gasteiger partial charge in [0, 0.05) is 17.4 Å². The summed E-state index contributed by atoms with van der Waals surface area (Å²) < 4.78 is 21.3. The summed E-state index contributed by atoms with van der Waals surface area (Å²) in [5, 5.41) is 10.9. The summed E-state index contributed by atoms with van der Waals surface area (Å²) in [5.74, 6) is 1.15. The molecule has 0 N–H and O–H groups in total. The van der Waals surface area contributed by atoms with Gasteiger partial charge < -0.3 is 18.9 Å². The number of hydrogen-bond acceptors (Lipinski definition) is 6. The monoisotopic (exact) mass is 283 g/mol. The molecule has 20 heavy (non-hydrogen) atoms. The van der Waals surface area contributed by atoms with Gasteiger partial charge in [-0.25, -0.2) is 0 Å². The Morgan fingerprint density at radius 3 is 2.35 bits per heavy atom. The van der Waals surface area contributed by atoms with Gasteiger partial charge in [-0.1, -0.05) is 6.07 Å². The highest BCUT2D eigenvalue weighted by Gasteiger charge is 2.43. The maximum atomic E-state index is 10.9. The molecule has 1 saturated heterocycles. The van der Waals surface area contributed by atoms with Crippen molar-refractivity contribution in [2.75, 3.05) is 27.4 Å². The number of ether oxygens (including phenoxy) is 4. The summed E-state index contributed by atoms with van der Waals surface area (Å²) >= 11 is 0. The molecule has 1 fully saturated rings. The van der Waals surface area contributed by atoms with Gasteiger partial charge in [0.2, 0.25) is 0 Å². The summed E-state index contributed by atoms with van der Waals surface area (Å²) in [5.41, 5.74) is -0.472. The summed E-state index contributed by atoms with van der Waals surface area (Å²) in [6.45, 7) is 1.50. The number of methoxy groups -OCH3 is 2. The molecular formula is C13H17NO6. The Morgan fingerprint density at radius 1 is 1.25 bits per heavy atom. The zero-order chi connectivity index (χ0) is 14.8. The van der Waals surface area contributed by atoms with E-state index < -0.39 is 11.8 Å². The van der Waals surface area contributed by atoms with Gasteiger partial charge in [0.15, 0.2) is 17.8 Å². The lowest BCUT2D eigenvalue weighted by Crippen LogP contribution is -2.48. The van der Waals surface area contributed by atoms with Crippen LogP contribution in [0.25, 0.3) is 0 Å². The normalized spacial score (nSPS) is 26.1. The van der Waals surface area contributed by atoms with Crippen molar-refractivity contribution in [3.8, 4) is 11.5 Å². The van der Waals surface area contributed by atoms with Gasteiger partial charge in [-0.15, -0.1) is 0 Å². The molecule has 1 heterocycles. The maximum Gasteiger partial charge on any atom is 0.265 e. The van der Waals surface area contributed by atoms with Crippen LogP contribution >= 0.6 is 0 Å². The smallest absolute Gasteiger partial charge is 0.265 e. The highest BCUT2D eigenvalue weighted by molar-refractivity contribution is 5.43. The minimum Gasteiger partial charge on any atom is -0.493 e. The standard InChI is InChI=1S/C13H17NO6/c1-13(14(15)16)7-19-12(20-8-13)9-4-5-10(17-2)11(6-9)18-3/h4-6,12H,7-8H2,1-3H3. The molecule has 0 aromatic heterocycles. The molecule has 1 aromatic carbocycles. The van der Waals surface area contributed by atoms with Crippen LogP contribution in [0.1, 0.15) is 18.8 Å². The lowest BCUT2D eigenvalue weighted by molar-refractivity contribution is -0.587. The first-order valence-electron chi connectivity index (χ1n) is 6.10. The zero-order valence-corrected chi connectivity index (χ0v) is 11.6. The van der Waals surface area contributed by atoms with Gasteiger partial charge in [0.05, 0.1) is 14.2 Å². The fourth-order valence-corrected chi connectivity index (χ4v) is 1.90. The fourth-order valence-electron chi connectivity index (χ4n) is 1.90. The lowest BCUT2D eigenvalue weighted by atomic mass is 10.1. The highest BCUT2D eigenvalue weighted by atomic mass is 16.7. The van der Waals surface area contributed by atoms with Crippen molar-refractivity contribution in [3.05, 3.63) is 33.9 Å². The van der Waals surface area contributed by atoms with Crippen molar-refractivity contribution in [1.82, 2.24) is 0 Å². The number of nitro groups is 1. The van der Waals surface area contributed by atoms with E-state index in [1.54, 1.807) is 25.3 Å². The van der Waals surface area contributed by atoms with Gasteiger partial charge in [0.25, 0.3) is 5.54 Å². The molecule has 0 spiro atoms. The van der Waals surface area contributed by atoms with E-state index in [4.69, 9.17) is 18.9 Å². The predicted octanol–water partition coefficient (Wildman–Crippen LogP) is 1.78. The topological polar surface area (TPSA) is 80.1 Å². The van der Waals surface area contributed by atoms with Crippen molar-refractivity contribution >= 4 is 0 Å². The maximum absolute atomic E-state index is 10.9. The van der Waals surface area contributed by atoms with Crippen LogP contribution in [0, 0.1) is 10.1 Å². The Hall–Kier alpha value is -1.86. The second kappa shape index (κ2) is 5.64. The van der Waals surface area contributed by atoms with Crippen LogP contribution in [0.2, 0.25) is 0 Å². The Labute approximate surface area is 116 Å². The second-order valence-electron chi connectivity index (χ2n) is 4.82. The van der Waals surface area contributed by atoms with Crippen LogP contribution in [0.5, 0.6) is 11.5 Å². The Morgan fingerprint density at radius 2 is 1.85 bits per heavy atom. The van der Waals surface area contributed by atoms with Gasteiger partial charge in [-0.3, -0.25) is 10.1 Å². The molecule has 0 atom stereocenters. The first-order chi connectivity index (χ1) is 9.50. The van der Waals surface area contributed by atoms with Gasteiger partial charge in [-0.2, -0.15) is 0 Å². The van der Waals surface area contributed by atoms with Gasteiger partial charge in [-0.05, 0) is 12.1 Å². The Bertz CT molecular complexity index is 496. The molecule has 1 aliphatic heterocycles.